The molecule has 0 aliphatic carbocycles. The lowest BCUT2D eigenvalue weighted by Crippen LogP contribution is -2.18. The summed E-state index contributed by atoms with van der Waals surface area (Å²) in [7, 11) is 0. The molecule has 158 valence electrons. The van der Waals surface area contributed by atoms with Crippen LogP contribution < -0.4 is 10.7 Å². The quantitative estimate of drug-likeness (QED) is 0.416. The number of rotatable bonds is 5. The number of aromatic hydroxyl groups is 1. The van der Waals surface area contributed by atoms with Gasteiger partial charge in [-0.15, -0.1) is 0 Å². The van der Waals surface area contributed by atoms with Crippen LogP contribution in [0, 0.1) is 0 Å². The molecule has 0 saturated carbocycles. The van der Waals surface area contributed by atoms with Crippen LogP contribution in [0.5, 0.6) is 5.75 Å². The minimum atomic E-state index is -0.382. The molecule has 0 saturated heterocycles. The summed E-state index contributed by atoms with van der Waals surface area (Å²) in [5, 5.41) is 16.1. The SMILES string of the molecule is CC(C)(C)c1ccc(C(=O)Nc2ccc(C(=O)NN=Cc3cccc(O)c3)cc2)cc1. The Kier molecular flexibility index (Phi) is 6.50. The molecule has 0 aromatic heterocycles. The number of nitrogens with zero attached hydrogens (tertiary/aromatic N) is 1. The Morgan fingerprint density at radius 1 is 0.871 bits per heavy atom. The van der Waals surface area contributed by atoms with E-state index in [-0.39, 0.29) is 23.0 Å². The van der Waals surface area contributed by atoms with Crippen LogP contribution in [-0.2, 0) is 5.41 Å². The van der Waals surface area contributed by atoms with Gasteiger partial charge in [0.25, 0.3) is 11.8 Å². The van der Waals surface area contributed by atoms with Gasteiger partial charge in [0.05, 0.1) is 6.21 Å². The summed E-state index contributed by atoms with van der Waals surface area (Å²) in [6.07, 6.45) is 1.44. The van der Waals surface area contributed by atoms with E-state index in [2.05, 4.69) is 36.6 Å². The molecule has 3 N–H and O–H groups in total. The van der Waals surface area contributed by atoms with Gasteiger partial charge in [0.1, 0.15) is 5.75 Å². The van der Waals surface area contributed by atoms with Crippen molar-refractivity contribution in [1.82, 2.24) is 5.43 Å². The van der Waals surface area contributed by atoms with Gasteiger partial charge < -0.3 is 10.4 Å². The maximum absolute atomic E-state index is 12.5. The summed E-state index contributed by atoms with van der Waals surface area (Å²) in [5.74, 6) is -0.474. The number of benzene rings is 3. The van der Waals surface area contributed by atoms with Crippen molar-refractivity contribution in [2.24, 2.45) is 5.10 Å². The third-order valence-corrected chi connectivity index (χ3v) is 4.67. The highest BCUT2D eigenvalue weighted by atomic mass is 16.3. The maximum Gasteiger partial charge on any atom is 0.271 e. The normalized spacial score (nSPS) is 11.3. The van der Waals surface area contributed by atoms with Gasteiger partial charge in [0.2, 0.25) is 0 Å². The molecular formula is C25H25N3O3. The van der Waals surface area contributed by atoms with Gasteiger partial charge in [-0.05, 0) is 65.1 Å². The Labute approximate surface area is 181 Å². The monoisotopic (exact) mass is 415 g/mol. The van der Waals surface area contributed by atoms with Crippen molar-refractivity contribution >= 4 is 23.7 Å². The number of hydrazone groups is 1. The smallest absolute Gasteiger partial charge is 0.271 e. The predicted molar refractivity (Wildman–Crippen MR) is 123 cm³/mol. The average Bonchev–Trinajstić information content (AvgIpc) is 2.74. The van der Waals surface area contributed by atoms with Crippen molar-refractivity contribution in [3.63, 3.8) is 0 Å². The fraction of sp³-hybridized carbons (Fsp3) is 0.160. The summed E-state index contributed by atoms with van der Waals surface area (Å²) < 4.78 is 0. The lowest BCUT2D eigenvalue weighted by molar-refractivity contribution is 0.0954. The van der Waals surface area contributed by atoms with Crippen LogP contribution in [0.1, 0.15) is 52.6 Å². The summed E-state index contributed by atoms with van der Waals surface area (Å²) in [6.45, 7) is 6.37. The molecule has 3 aromatic rings. The number of carbonyl (C=O) groups excluding carboxylic acids is 2. The van der Waals surface area contributed by atoms with Gasteiger partial charge in [0.15, 0.2) is 0 Å². The Morgan fingerprint density at radius 3 is 2.10 bits per heavy atom. The highest BCUT2D eigenvalue weighted by molar-refractivity contribution is 6.04. The van der Waals surface area contributed by atoms with E-state index in [0.29, 0.717) is 22.4 Å². The molecule has 31 heavy (non-hydrogen) atoms. The van der Waals surface area contributed by atoms with Gasteiger partial charge in [0, 0.05) is 16.8 Å². The zero-order valence-electron chi connectivity index (χ0n) is 17.7. The second-order valence-corrected chi connectivity index (χ2v) is 8.15. The van der Waals surface area contributed by atoms with Crippen LogP contribution in [0.3, 0.4) is 0 Å². The Balaban J connectivity index is 1.58. The molecule has 0 spiro atoms. The number of phenolic OH excluding ortho intramolecular Hbond substituents is 1. The Bertz CT molecular complexity index is 1100. The van der Waals surface area contributed by atoms with E-state index in [1.807, 2.05) is 24.3 Å². The summed E-state index contributed by atoms with van der Waals surface area (Å²) in [5.41, 5.74) is 5.83. The largest absolute Gasteiger partial charge is 0.508 e. The van der Waals surface area contributed by atoms with Gasteiger partial charge in [-0.2, -0.15) is 5.10 Å². The maximum atomic E-state index is 12.5. The second kappa shape index (κ2) is 9.26. The van der Waals surface area contributed by atoms with E-state index < -0.39 is 0 Å². The zero-order chi connectivity index (χ0) is 22.4. The van der Waals surface area contributed by atoms with Crippen molar-refractivity contribution in [2.45, 2.75) is 26.2 Å². The van der Waals surface area contributed by atoms with Crippen molar-refractivity contribution in [3.8, 4) is 5.75 Å². The number of nitrogens with one attached hydrogen (secondary N) is 2. The fourth-order valence-electron chi connectivity index (χ4n) is 2.86. The number of carbonyl (C=O) groups is 2. The number of hydrogen-bond acceptors (Lipinski definition) is 4. The number of anilines is 1. The number of phenols is 1. The average molecular weight is 415 g/mol. The lowest BCUT2D eigenvalue weighted by Gasteiger charge is -2.19. The van der Waals surface area contributed by atoms with Gasteiger partial charge in [-0.1, -0.05) is 45.0 Å². The third-order valence-electron chi connectivity index (χ3n) is 4.67. The molecule has 0 bridgehead atoms. The topological polar surface area (TPSA) is 90.8 Å². The van der Waals surface area contributed by atoms with Crippen LogP contribution in [0.25, 0.3) is 0 Å². The first-order valence-electron chi connectivity index (χ1n) is 9.87. The first-order chi connectivity index (χ1) is 14.7. The molecule has 0 aliphatic heterocycles. The number of hydrogen-bond donors (Lipinski definition) is 3. The van der Waals surface area contributed by atoms with Crippen molar-refractivity contribution in [2.75, 3.05) is 5.32 Å². The molecule has 0 unspecified atom stereocenters. The third kappa shape index (κ3) is 6.02. The molecule has 3 rings (SSSR count). The Morgan fingerprint density at radius 2 is 1.48 bits per heavy atom. The predicted octanol–water partition coefficient (Wildman–Crippen LogP) is 4.71. The zero-order valence-corrected chi connectivity index (χ0v) is 17.7. The van der Waals surface area contributed by atoms with Crippen LogP contribution in [0.15, 0.2) is 77.9 Å². The molecule has 2 amide bonds. The molecular weight excluding hydrogens is 390 g/mol. The summed E-state index contributed by atoms with van der Waals surface area (Å²) >= 11 is 0. The standard InChI is InChI=1S/C25H25N3O3/c1-25(2,3)20-11-7-18(8-12-20)23(30)27-21-13-9-19(10-14-21)24(31)28-26-16-17-5-4-6-22(29)15-17/h4-16,29H,1-3H3,(H,27,30)(H,28,31). The van der Waals surface area contributed by atoms with Crippen molar-refractivity contribution in [3.05, 3.63) is 95.1 Å². The van der Waals surface area contributed by atoms with Crippen LogP contribution >= 0.6 is 0 Å². The second-order valence-electron chi connectivity index (χ2n) is 8.15. The highest BCUT2D eigenvalue weighted by Gasteiger charge is 2.14. The molecule has 3 aromatic carbocycles. The van der Waals surface area contributed by atoms with E-state index in [4.69, 9.17) is 0 Å². The summed E-state index contributed by atoms with van der Waals surface area (Å²) in [4.78, 5) is 24.7. The molecule has 0 aliphatic rings. The van der Waals surface area contributed by atoms with Crippen LogP contribution in [0.2, 0.25) is 0 Å². The lowest BCUT2D eigenvalue weighted by atomic mass is 9.87. The van der Waals surface area contributed by atoms with E-state index >= 15 is 0 Å². The molecule has 6 nitrogen and oxygen atoms in total. The van der Waals surface area contributed by atoms with E-state index in [0.717, 1.165) is 5.56 Å². The van der Waals surface area contributed by atoms with E-state index in [1.165, 1.54) is 12.3 Å². The van der Waals surface area contributed by atoms with Crippen molar-refractivity contribution in [1.29, 1.82) is 0 Å². The minimum absolute atomic E-state index is 0.0261. The fourth-order valence-corrected chi connectivity index (χ4v) is 2.86. The van der Waals surface area contributed by atoms with E-state index in [1.54, 1.807) is 42.5 Å². The molecule has 0 atom stereocenters. The van der Waals surface area contributed by atoms with Crippen molar-refractivity contribution < 1.29 is 14.7 Å². The van der Waals surface area contributed by atoms with Crippen LogP contribution in [0.4, 0.5) is 5.69 Å². The highest BCUT2D eigenvalue weighted by Crippen LogP contribution is 2.22. The minimum Gasteiger partial charge on any atom is -0.508 e. The Hall–Kier alpha value is -3.93. The molecule has 6 heteroatoms. The molecule has 0 fully saturated rings. The first-order valence-corrected chi connectivity index (χ1v) is 9.87. The first kappa shape index (κ1) is 21.8. The molecule has 0 heterocycles. The van der Waals surface area contributed by atoms with Gasteiger partial charge in [-0.25, -0.2) is 5.43 Å². The number of amides is 2. The molecule has 0 radical (unpaired) electrons. The van der Waals surface area contributed by atoms with Gasteiger partial charge >= 0.3 is 0 Å². The van der Waals surface area contributed by atoms with Gasteiger partial charge in [-0.3, -0.25) is 9.59 Å². The van der Waals surface area contributed by atoms with Crippen LogP contribution in [-0.4, -0.2) is 23.1 Å². The summed E-state index contributed by atoms with van der Waals surface area (Å²) in [6, 6.07) is 20.6. The van der Waals surface area contributed by atoms with E-state index in [9.17, 15) is 14.7 Å².